The van der Waals surface area contributed by atoms with Crippen LogP contribution in [0, 0.1) is 0 Å². The second-order valence-corrected chi connectivity index (χ2v) is 11.0. The molecule has 0 aliphatic heterocycles. The second-order valence-electron chi connectivity index (χ2n) is 3.22. The molecule has 25 heavy (non-hydrogen) atoms. The number of aliphatic hydroxyl groups is 2. The van der Waals surface area contributed by atoms with Gasteiger partial charge in [0.05, 0.1) is 0 Å². The Hall–Kier alpha value is 2.39. The first kappa shape index (κ1) is 38.1. The van der Waals surface area contributed by atoms with Gasteiger partial charge in [0.2, 0.25) is 0 Å². The van der Waals surface area contributed by atoms with Crippen LogP contribution in [-0.4, -0.2) is 35.6 Å². The van der Waals surface area contributed by atoms with Crippen LogP contribution >= 0.6 is 30.4 Å². The monoisotopic (exact) mass is 598 g/mol. The summed E-state index contributed by atoms with van der Waals surface area (Å²) in [5.41, 5.74) is -6.00. The number of rotatable bonds is 6. The number of hydrogen-bond acceptors (Lipinski definition) is 14. The maximum atomic E-state index is 10.3. The molecule has 0 spiro atoms. The molecule has 0 fully saturated rings. The van der Waals surface area contributed by atoms with E-state index in [9.17, 15) is 47.6 Å². The Balaban J connectivity index is -0.0000000952. The average molecular weight is 602 g/mol. The fourth-order valence-corrected chi connectivity index (χ4v) is 4.25. The first-order valence-corrected chi connectivity index (χ1v) is 11.0. The smallest absolute Gasteiger partial charge is 0.809 e. The molecule has 0 saturated carbocycles. The molecule has 2 N–H and O–H groups in total. The summed E-state index contributed by atoms with van der Waals surface area (Å²) in [5, 5.41) is 16.6. The molecule has 0 radical (unpaired) electrons. The van der Waals surface area contributed by atoms with Crippen molar-refractivity contribution in [2.24, 2.45) is 0 Å². The summed E-state index contributed by atoms with van der Waals surface area (Å²) in [7, 11) is -19.7. The van der Waals surface area contributed by atoms with Gasteiger partial charge in [-0.15, -0.1) is 0 Å². The molecule has 0 heterocycles. The van der Waals surface area contributed by atoms with E-state index >= 15 is 0 Å². The Bertz CT molecular complexity index is 494. The van der Waals surface area contributed by atoms with E-state index in [-0.39, 0.29) is 58.4 Å². The van der Waals surface area contributed by atoms with Crippen molar-refractivity contribution in [2.45, 2.75) is 11.2 Å². The molecule has 0 aromatic rings. The van der Waals surface area contributed by atoms with Crippen LogP contribution in [0.5, 0.6) is 0 Å². The summed E-state index contributed by atoms with van der Waals surface area (Å²) in [5.74, 6) is 0. The molecule has 21 heteroatoms. The van der Waals surface area contributed by atoms with Crippen molar-refractivity contribution in [1.29, 1.82) is 0 Å². The van der Waals surface area contributed by atoms with Crippen LogP contribution in [0.1, 0.15) is 0 Å². The van der Waals surface area contributed by atoms with Crippen molar-refractivity contribution < 1.29 is 125 Å². The van der Waals surface area contributed by atoms with Crippen molar-refractivity contribution in [2.75, 3.05) is 14.2 Å². The van der Waals surface area contributed by atoms with Crippen molar-refractivity contribution in [3.8, 4) is 0 Å². The molecular formula is C4H10O14P4Zn3. The van der Waals surface area contributed by atoms with Crippen LogP contribution in [0.25, 0.3) is 0 Å². The van der Waals surface area contributed by atoms with Gasteiger partial charge in [-0.1, -0.05) is 0 Å². The van der Waals surface area contributed by atoms with Crippen LogP contribution in [0.15, 0.2) is 0 Å². The van der Waals surface area contributed by atoms with E-state index in [0.717, 1.165) is 0 Å². The van der Waals surface area contributed by atoms with E-state index in [2.05, 4.69) is 9.05 Å². The molecule has 0 saturated heterocycles. The van der Waals surface area contributed by atoms with E-state index in [0.29, 0.717) is 14.2 Å². The normalized spacial score (nSPS) is 18.3. The van der Waals surface area contributed by atoms with Gasteiger partial charge in [0.25, 0.3) is 0 Å². The first-order valence-electron chi connectivity index (χ1n) is 4.56. The molecule has 14 nitrogen and oxygen atoms in total. The third-order valence-corrected chi connectivity index (χ3v) is 8.32. The molecular weight excluding hydrogens is 592 g/mol. The Morgan fingerprint density at radius 1 is 0.640 bits per heavy atom. The topological polar surface area (TPSA) is 266 Å². The van der Waals surface area contributed by atoms with E-state index in [4.69, 9.17) is 10.2 Å². The zero-order valence-electron chi connectivity index (χ0n) is 12.9. The summed E-state index contributed by atoms with van der Waals surface area (Å²) >= 11 is 0. The van der Waals surface area contributed by atoms with Crippen LogP contribution < -0.4 is 29.4 Å². The van der Waals surface area contributed by atoms with Crippen molar-refractivity contribution in [3.05, 3.63) is 0 Å². The van der Waals surface area contributed by atoms with Gasteiger partial charge in [-0.2, -0.15) is 0 Å². The van der Waals surface area contributed by atoms with Crippen LogP contribution in [0.3, 0.4) is 0 Å². The number of hydrogen-bond donors (Lipinski definition) is 2. The minimum absolute atomic E-state index is 0. The van der Waals surface area contributed by atoms with Crippen LogP contribution in [0.4, 0.5) is 0 Å². The summed E-state index contributed by atoms with van der Waals surface area (Å²) in [6.45, 7) is 0. The first-order chi connectivity index (χ1) is 9.43. The molecule has 4 atom stereocenters. The summed E-state index contributed by atoms with van der Waals surface area (Å²) in [6.07, 6.45) is 0. The summed E-state index contributed by atoms with van der Waals surface area (Å²) < 4.78 is 47.7. The Morgan fingerprint density at radius 2 is 0.800 bits per heavy atom. The van der Waals surface area contributed by atoms with Gasteiger partial charge >= 0.3 is 58.4 Å². The molecule has 0 amide bonds. The minimum atomic E-state index is -5.54. The Labute approximate surface area is 180 Å². The molecule has 0 bridgehead atoms. The van der Waals surface area contributed by atoms with Gasteiger partial charge in [-0.3, -0.25) is 0 Å². The standard InChI is InChI=1S/2C2H8O7P2.3Zn/c2*1-9-11(7,8)2(3)10(4,5)6;;;/h2*2-3H,1H3,(H,7,8)(H2,4,5,6);;;/q;;3*+2/p-6. The van der Waals surface area contributed by atoms with E-state index in [1.54, 1.807) is 0 Å². The van der Waals surface area contributed by atoms with Gasteiger partial charge in [0.15, 0.2) is 15.2 Å². The Morgan fingerprint density at radius 3 is 0.840 bits per heavy atom. The van der Waals surface area contributed by atoms with Crippen molar-refractivity contribution in [1.82, 2.24) is 0 Å². The summed E-state index contributed by atoms with van der Waals surface area (Å²) in [6, 6.07) is 0. The number of aliphatic hydroxyl groups excluding tert-OH is 2. The van der Waals surface area contributed by atoms with Gasteiger partial charge in [-0.05, 0) is 15.2 Å². The molecule has 4 unspecified atom stereocenters. The largest absolute Gasteiger partial charge is 2.00 e. The molecule has 136 valence electrons. The quantitative estimate of drug-likeness (QED) is 0.213. The van der Waals surface area contributed by atoms with E-state index in [1.807, 2.05) is 0 Å². The van der Waals surface area contributed by atoms with Gasteiger partial charge < -0.3 is 66.9 Å². The van der Waals surface area contributed by atoms with Crippen molar-refractivity contribution in [3.63, 3.8) is 0 Å². The second kappa shape index (κ2) is 14.4. The van der Waals surface area contributed by atoms with Crippen LogP contribution in [-0.2, 0) is 85.7 Å². The molecule has 0 aliphatic rings. The molecule has 0 aliphatic carbocycles. The van der Waals surface area contributed by atoms with E-state index in [1.165, 1.54) is 0 Å². The SMILES string of the molecule is COP(=O)([O-])C(O)P(=O)([O-])[O-].COP(=O)([O-])C(O)P(=O)([O-])[O-].[Zn+2].[Zn+2].[Zn+2]. The maximum Gasteiger partial charge on any atom is 2.00 e. The van der Waals surface area contributed by atoms with Gasteiger partial charge in [0.1, 0.15) is 11.2 Å². The predicted molar refractivity (Wildman–Crippen MR) is 56.5 cm³/mol. The Kier molecular flexibility index (Phi) is 21.9. The third kappa shape index (κ3) is 15.0. The van der Waals surface area contributed by atoms with Crippen molar-refractivity contribution >= 4 is 30.4 Å². The van der Waals surface area contributed by atoms with Gasteiger partial charge in [0, 0.05) is 14.2 Å². The van der Waals surface area contributed by atoms with Gasteiger partial charge in [-0.25, -0.2) is 0 Å². The van der Waals surface area contributed by atoms with E-state index < -0.39 is 41.6 Å². The fraction of sp³-hybridized carbons (Fsp3) is 1.00. The maximum absolute atomic E-state index is 10.3. The molecule has 0 aromatic heterocycles. The van der Waals surface area contributed by atoms with Crippen LogP contribution in [0.2, 0.25) is 0 Å². The molecule has 0 aromatic carbocycles. The predicted octanol–water partition coefficient (Wildman–Crippen LogP) is -5.26. The third-order valence-electron chi connectivity index (χ3n) is 1.64. The summed E-state index contributed by atoms with van der Waals surface area (Å²) in [4.78, 5) is 60.3. The minimum Gasteiger partial charge on any atom is -0.809 e. The fourth-order valence-electron chi connectivity index (χ4n) is 0.535. The zero-order chi connectivity index (χ0) is 18.6. The average Bonchev–Trinajstić information content (AvgIpc) is 2.35. The zero-order valence-corrected chi connectivity index (χ0v) is 25.3. The molecule has 0 rings (SSSR count).